The second-order valence-corrected chi connectivity index (χ2v) is 10.8. The van der Waals surface area contributed by atoms with Crippen molar-refractivity contribution >= 4 is 0 Å². The van der Waals surface area contributed by atoms with Crippen molar-refractivity contribution in [3.05, 3.63) is 24.3 Å². The Kier molecular flexibility index (Phi) is 8.62. The van der Waals surface area contributed by atoms with Gasteiger partial charge in [0, 0.05) is 11.8 Å². The fourth-order valence-electron chi connectivity index (χ4n) is 7.13. The predicted molar refractivity (Wildman–Crippen MR) is 121 cm³/mol. The van der Waals surface area contributed by atoms with Crippen LogP contribution in [0.5, 0.6) is 0 Å². The zero-order valence-electron chi connectivity index (χ0n) is 19.3. The highest BCUT2D eigenvalue weighted by atomic mass is 19.3. The number of hydrogen-bond acceptors (Lipinski definition) is 2. The minimum atomic E-state index is -1.49. The molecule has 3 saturated carbocycles. The van der Waals surface area contributed by atoms with E-state index in [-0.39, 0.29) is 12.2 Å². The van der Waals surface area contributed by atoms with Gasteiger partial charge in [-0.2, -0.15) is 8.78 Å². The lowest BCUT2D eigenvalue weighted by Gasteiger charge is -2.42. The van der Waals surface area contributed by atoms with Crippen molar-refractivity contribution in [2.45, 2.75) is 90.3 Å². The molecule has 1 aliphatic heterocycles. The van der Waals surface area contributed by atoms with Crippen molar-refractivity contribution in [1.29, 1.82) is 0 Å². The molecule has 4 aliphatic rings. The standard InChI is InChI=1S/C27H42F2O2/c1-2-3-20-17-30-27(31-18-20)25-14-12-24(13-15-25)23-10-8-22(9-11-23)21-6-4-19(5-7-21)16-26(28)29/h2-3,16,19-25,27H,4-15,17-18H2,1H3/b3-2+. The van der Waals surface area contributed by atoms with Crippen molar-refractivity contribution in [2.75, 3.05) is 13.2 Å². The molecule has 0 unspecified atom stereocenters. The summed E-state index contributed by atoms with van der Waals surface area (Å²) >= 11 is 0. The normalized spacial score (nSPS) is 42.4. The van der Waals surface area contributed by atoms with E-state index in [9.17, 15) is 8.78 Å². The lowest BCUT2D eigenvalue weighted by Crippen LogP contribution is -2.39. The Balaban J connectivity index is 1.15. The molecule has 0 N–H and O–H groups in total. The number of allylic oxidation sites excluding steroid dienone is 2. The Morgan fingerprint density at radius 1 is 0.613 bits per heavy atom. The summed E-state index contributed by atoms with van der Waals surface area (Å²) in [6, 6.07) is 0. The summed E-state index contributed by atoms with van der Waals surface area (Å²) < 4.78 is 37.1. The molecule has 0 atom stereocenters. The van der Waals surface area contributed by atoms with Crippen LogP contribution in [0.4, 0.5) is 8.78 Å². The minimum absolute atomic E-state index is 0.0223. The highest BCUT2D eigenvalue weighted by Gasteiger charge is 2.37. The van der Waals surface area contributed by atoms with Crippen LogP contribution in [-0.4, -0.2) is 19.5 Å². The Bertz CT molecular complexity index is 582. The lowest BCUT2D eigenvalue weighted by atomic mass is 9.65. The van der Waals surface area contributed by atoms with Gasteiger partial charge in [0.05, 0.1) is 13.2 Å². The van der Waals surface area contributed by atoms with Gasteiger partial charge in [0.2, 0.25) is 0 Å². The third-order valence-corrected chi connectivity index (χ3v) is 8.94. The van der Waals surface area contributed by atoms with E-state index in [0.29, 0.717) is 11.8 Å². The van der Waals surface area contributed by atoms with Crippen LogP contribution in [0, 0.1) is 41.4 Å². The molecule has 31 heavy (non-hydrogen) atoms. The second kappa shape index (κ2) is 11.4. The summed E-state index contributed by atoms with van der Waals surface area (Å²) in [4.78, 5) is 0. The molecule has 0 aromatic rings. The molecule has 0 amide bonds. The highest BCUT2D eigenvalue weighted by Crippen LogP contribution is 2.46. The third-order valence-electron chi connectivity index (χ3n) is 8.94. The van der Waals surface area contributed by atoms with E-state index in [2.05, 4.69) is 19.1 Å². The molecule has 4 fully saturated rings. The number of ether oxygens (including phenoxy) is 2. The number of hydrogen-bond donors (Lipinski definition) is 0. The van der Waals surface area contributed by atoms with Gasteiger partial charge in [-0.15, -0.1) is 0 Å². The first-order valence-electron chi connectivity index (χ1n) is 13.0. The van der Waals surface area contributed by atoms with E-state index in [0.717, 1.165) is 62.6 Å². The molecular weight excluding hydrogens is 394 g/mol. The molecular formula is C27H42F2O2. The smallest absolute Gasteiger partial charge is 0.266 e. The van der Waals surface area contributed by atoms with Crippen molar-refractivity contribution in [1.82, 2.24) is 0 Å². The average molecular weight is 437 g/mol. The van der Waals surface area contributed by atoms with Crippen molar-refractivity contribution in [3.8, 4) is 0 Å². The van der Waals surface area contributed by atoms with Crippen LogP contribution in [0.1, 0.15) is 84.0 Å². The molecule has 0 aromatic carbocycles. The van der Waals surface area contributed by atoms with Crippen LogP contribution >= 0.6 is 0 Å². The molecule has 2 nitrogen and oxygen atoms in total. The van der Waals surface area contributed by atoms with Gasteiger partial charge in [-0.25, -0.2) is 0 Å². The fraction of sp³-hybridized carbons (Fsp3) is 0.852. The van der Waals surface area contributed by atoms with E-state index < -0.39 is 6.08 Å². The van der Waals surface area contributed by atoms with E-state index in [1.54, 1.807) is 0 Å². The van der Waals surface area contributed by atoms with Crippen LogP contribution in [0.25, 0.3) is 0 Å². The number of rotatable bonds is 5. The van der Waals surface area contributed by atoms with Gasteiger partial charge in [-0.05, 0) is 120 Å². The first-order valence-corrected chi connectivity index (χ1v) is 13.0. The van der Waals surface area contributed by atoms with Gasteiger partial charge in [0.15, 0.2) is 6.29 Å². The molecule has 0 spiro atoms. The zero-order chi connectivity index (χ0) is 21.6. The van der Waals surface area contributed by atoms with Gasteiger partial charge in [-0.1, -0.05) is 12.2 Å². The van der Waals surface area contributed by atoms with Crippen molar-refractivity contribution in [3.63, 3.8) is 0 Å². The molecule has 0 aromatic heterocycles. The quantitative estimate of drug-likeness (QED) is 0.410. The minimum Gasteiger partial charge on any atom is -0.352 e. The Morgan fingerprint density at radius 2 is 1.03 bits per heavy atom. The third kappa shape index (κ3) is 6.41. The van der Waals surface area contributed by atoms with Gasteiger partial charge < -0.3 is 9.47 Å². The second-order valence-electron chi connectivity index (χ2n) is 10.8. The van der Waals surface area contributed by atoms with E-state index in [1.165, 1.54) is 57.4 Å². The predicted octanol–water partition coefficient (Wildman–Crippen LogP) is 7.75. The maximum atomic E-state index is 12.5. The van der Waals surface area contributed by atoms with Crippen LogP contribution < -0.4 is 0 Å². The van der Waals surface area contributed by atoms with Crippen molar-refractivity contribution in [2.24, 2.45) is 41.4 Å². The van der Waals surface area contributed by atoms with E-state index in [4.69, 9.17) is 9.47 Å². The molecule has 3 aliphatic carbocycles. The molecule has 0 bridgehead atoms. The SMILES string of the molecule is C/C=C/C1COC(C2CCC(C3CCC(C4CCC(C=C(F)F)CC4)CC3)CC2)OC1. The Morgan fingerprint density at radius 3 is 1.45 bits per heavy atom. The fourth-order valence-corrected chi connectivity index (χ4v) is 7.13. The molecule has 0 radical (unpaired) electrons. The van der Waals surface area contributed by atoms with E-state index in [1.807, 2.05) is 0 Å². The molecule has 1 saturated heterocycles. The summed E-state index contributed by atoms with van der Waals surface area (Å²) in [6.45, 7) is 3.67. The molecule has 1 heterocycles. The average Bonchev–Trinajstić information content (AvgIpc) is 2.80. The van der Waals surface area contributed by atoms with Gasteiger partial charge in [0.25, 0.3) is 6.08 Å². The topological polar surface area (TPSA) is 18.5 Å². The summed E-state index contributed by atoms with van der Waals surface area (Å²) in [5.74, 6) is 4.56. The maximum Gasteiger partial charge on any atom is 0.266 e. The Labute approximate surface area is 187 Å². The van der Waals surface area contributed by atoms with Crippen molar-refractivity contribution < 1.29 is 18.3 Å². The Hall–Kier alpha value is -0.740. The van der Waals surface area contributed by atoms with Crippen LogP contribution in [0.2, 0.25) is 0 Å². The summed E-state index contributed by atoms with van der Waals surface area (Å²) in [5, 5.41) is 0. The van der Waals surface area contributed by atoms with Crippen LogP contribution in [-0.2, 0) is 9.47 Å². The first-order chi connectivity index (χ1) is 15.1. The van der Waals surface area contributed by atoms with E-state index >= 15 is 0 Å². The maximum absolute atomic E-state index is 12.5. The van der Waals surface area contributed by atoms with Crippen LogP contribution in [0.15, 0.2) is 24.3 Å². The molecule has 4 rings (SSSR count). The monoisotopic (exact) mass is 436 g/mol. The zero-order valence-corrected chi connectivity index (χ0v) is 19.3. The summed E-state index contributed by atoms with van der Waals surface area (Å²) in [7, 11) is 0. The lowest BCUT2D eigenvalue weighted by molar-refractivity contribution is -0.223. The summed E-state index contributed by atoms with van der Waals surface area (Å²) in [6.07, 6.45) is 19.0. The van der Waals surface area contributed by atoms with Gasteiger partial charge >= 0.3 is 0 Å². The highest BCUT2D eigenvalue weighted by molar-refractivity contribution is 4.93. The molecule has 4 heteroatoms. The van der Waals surface area contributed by atoms with Gasteiger partial charge in [0.1, 0.15) is 0 Å². The van der Waals surface area contributed by atoms with Crippen LogP contribution in [0.3, 0.4) is 0 Å². The largest absolute Gasteiger partial charge is 0.352 e. The first kappa shape index (κ1) is 23.4. The number of halogens is 2. The van der Waals surface area contributed by atoms with Gasteiger partial charge in [-0.3, -0.25) is 0 Å². The molecule has 176 valence electrons. The summed E-state index contributed by atoms with van der Waals surface area (Å²) in [5.41, 5.74) is 0.